The predicted octanol–water partition coefficient (Wildman–Crippen LogP) is 2.93. The summed E-state index contributed by atoms with van der Waals surface area (Å²) in [6.07, 6.45) is 1.23. The predicted molar refractivity (Wildman–Crippen MR) is 59.3 cm³/mol. The molecular weight excluding hydrogens is 238 g/mol. The summed E-state index contributed by atoms with van der Waals surface area (Å²) in [5, 5.41) is 10.9. The number of hydrogen-bond acceptors (Lipinski definition) is 5. The topological polar surface area (TPSA) is 68.9 Å². The van der Waals surface area contributed by atoms with Gasteiger partial charge < -0.3 is 0 Å². The van der Waals surface area contributed by atoms with E-state index < -0.39 is 4.92 Å². The van der Waals surface area contributed by atoms with Gasteiger partial charge in [-0.1, -0.05) is 44.1 Å². The molecule has 0 radical (unpaired) electrons. The van der Waals surface area contributed by atoms with E-state index in [1.165, 1.54) is 18.1 Å². The minimum atomic E-state index is -0.559. The summed E-state index contributed by atoms with van der Waals surface area (Å²) in [5.74, 6) is 0. The standard InChI is InChI=1S/C8H10ClN3O2S/c1-8(2,3)15-7-5(12(13)14)6(9)10-4-11-7/h4H,1-3H3. The van der Waals surface area contributed by atoms with Gasteiger partial charge in [-0.2, -0.15) is 0 Å². The monoisotopic (exact) mass is 247 g/mol. The Morgan fingerprint density at radius 3 is 2.53 bits per heavy atom. The molecule has 0 aliphatic rings. The van der Waals surface area contributed by atoms with Crippen LogP contribution in [0.1, 0.15) is 20.8 Å². The molecule has 15 heavy (non-hydrogen) atoms. The van der Waals surface area contributed by atoms with Crippen LogP contribution in [-0.2, 0) is 0 Å². The van der Waals surface area contributed by atoms with E-state index in [2.05, 4.69) is 9.97 Å². The first-order valence-corrected chi connectivity index (χ1v) is 5.34. The first-order chi connectivity index (χ1) is 6.81. The molecule has 0 unspecified atom stereocenters. The molecule has 82 valence electrons. The Hall–Kier alpha value is -0.880. The molecule has 0 aliphatic carbocycles. The van der Waals surface area contributed by atoms with Gasteiger partial charge in [-0.25, -0.2) is 9.97 Å². The summed E-state index contributed by atoms with van der Waals surface area (Å²) in [4.78, 5) is 17.7. The number of thioether (sulfide) groups is 1. The average Bonchev–Trinajstić information content (AvgIpc) is 1.99. The zero-order valence-corrected chi connectivity index (χ0v) is 10.1. The fraction of sp³-hybridized carbons (Fsp3) is 0.500. The highest BCUT2D eigenvalue weighted by Crippen LogP contribution is 2.38. The summed E-state index contributed by atoms with van der Waals surface area (Å²) in [7, 11) is 0. The smallest absolute Gasteiger partial charge is 0.258 e. The molecule has 5 nitrogen and oxygen atoms in total. The Bertz CT molecular complexity index is 392. The lowest BCUT2D eigenvalue weighted by Gasteiger charge is -2.16. The van der Waals surface area contributed by atoms with Crippen molar-refractivity contribution in [2.24, 2.45) is 0 Å². The SMILES string of the molecule is CC(C)(C)Sc1ncnc(Cl)c1[N+](=O)[O-]. The van der Waals surface area contributed by atoms with Crippen molar-refractivity contribution in [2.45, 2.75) is 30.5 Å². The van der Waals surface area contributed by atoms with E-state index in [4.69, 9.17) is 11.6 Å². The summed E-state index contributed by atoms with van der Waals surface area (Å²) in [6, 6.07) is 0. The van der Waals surface area contributed by atoms with Crippen molar-refractivity contribution in [2.75, 3.05) is 0 Å². The molecule has 0 amide bonds. The van der Waals surface area contributed by atoms with Crippen molar-refractivity contribution < 1.29 is 4.92 Å². The van der Waals surface area contributed by atoms with Crippen molar-refractivity contribution in [1.29, 1.82) is 0 Å². The Labute approximate surface area is 96.4 Å². The van der Waals surface area contributed by atoms with E-state index in [0.29, 0.717) is 5.03 Å². The molecule has 0 aliphatic heterocycles. The van der Waals surface area contributed by atoms with Gasteiger partial charge in [-0.15, -0.1) is 0 Å². The molecule has 0 saturated heterocycles. The summed E-state index contributed by atoms with van der Waals surface area (Å²) >= 11 is 6.94. The molecule has 0 fully saturated rings. The van der Waals surface area contributed by atoms with E-state index >= 15 is 0 Å². The van der Waals surface area contributed by atoms with Crippen LogP contribution >= 0.6 is 23.4 Å². The van der Waals surface area contributed by atoms with Crippen molar-refractivity contribution >= 4 is 29.1 Å². The van der Waals surface area contributed by atoms with Crippen molar-refractivity contribution in [3.05, 3.63) is 21.6 Å². The maximum atomic E-state index is 10.8. The Morgan fingerprint density at radius 1 is 1.47 bits per heavy atom. The quantitative estimate of drug-likeness (QED) is 0.348. The highest BCUT2D eigenvalue weighted by molar-refractivity contribution is 8.00. The van der Waals surface area contributed by atoms with Gasteiger partial charge in [0.05, 0.1) is 4.92 Å². The number of rotatable bonds is 2. The minimum absolute atomic E-state index is 0.123. The number of nitrogens with zero attached hydrogens (tertiary/aromatic N) is 3. The van der Waals surface area contributed by atoms with Crippen molar-refractivity contribution in [3.8, 4) is 0 Å². The fourth-order valence-electron chi connectivity index (χ4n) is 0.861. The van der Waals surface area contributed by atoms with Gasteiger partial charge in [0.1, 0.15) is 6.33 Å². The Kier molecular flexibility index (Phi) is 3.51. The number of nitro groups is 1. The van der Waals surface area contributed by atoms with Gasteiger partial charge in [0.15, 0.2) is 5.03 Å². The molecule has 1 rings (SSSR count). The minimum Gasteiger partial charge on any atom is -0.258 e. The molecule has 0 bridgehead atoms. The normalized spacial score (nSPS) is 11.5. The number of halogens is 1. The fourth-order valence-corrected chi connectivity index (χ4v) is 2.07. The summed E-state index contributed by atoms with van der Waals surface area (Å²) in [5.41, 5.74) is -0.223. The van der Waals surface area contributed by atoms with Crippen LogP contribution in [-0.4, -0.2) is 19.6 Å². The summed E-state index contributed by atoms with van der Waals surface area (Å²) < 4.78 is -0.164. The third-order valence-electron chi connectivity index (χ3n) is 1.33. The highest BCUT2D eigenvalue weighted by Gasteiger charge is 2.25. The first-order valence-electron chi connectivity index (χ1n) is 4.15. The number of aromatic nitrogens is 2. The lowest BCUT2D eigenvalue weighted by molar-refractivity contribution is -0.388. The zero-order valence-electron chi connectivity index (χ0n) is 8.52. The van der Waals surface area contributed by atoms with Gasteiger partial charge in [0.2, 0.25) is 5.15 Å². The second-order valence-electron chi connectivity index (χ2n) is 3.79. The summed E-state index contributed by atoms with van der Waals surface area (Å²) in [6.45, 7) is 5.83. The van der Waals surface area contributed by atoms with Crippen molar-refractivity contribution in [1.82, 2.24) is 9.97 Å². The molecule has 1 aromatic rings. The van der Waals surface area contributed by atoms with Gasteiger partial charge in [0.25, 0.3) is 0 Å². The van der Waals surface area contributed by atoms with E-state index in [0.717, 1.165) is 0 Å². The molecule has 0 aromatic carbocycles. The largest absolute Gasteiger partial charge is 0.338 e. The van der Waals surface area contributed by atoms with Crippen LogP contribution in [0.5, 0.6) is 0 Å². The highest BCUT2D eigenvalue weighted by atomic mass is 35.5. The Morgan fingerprint density at radius 2 is 2.07 bits per heavy atom. The van der Waals surface area contributed by atoms with Crippen LogP contribution in [0, 0.1) is 10.1 Å². The Balaban J connectivity index is 3.18. The molecule has 0 spiro atoms. The zero-order chi connectivity index (χ0) is 11.6. The van der Waals surface area contributed by atoms with Gasteiger partial charge in [-0.3, -0.25) is 10.1 Å². The molecule has 0 atom stereocenters. The van der Waals surface area contributed by atoms with Crippen LogP contribution < -0.4 is 0 Å². The van der Waals surface area contributed by atoms with Gasteiger partial charge in [0, 0.05) is 4.75 Å². The first kappa shape index (κ1) is 12.2. The third-order valence-corrected chi connectivity index (χ3v) is 2.71. The van der Waals surface area contributed by atoms with Crippen molar-refractivity contribution in [3.63, 3.8) is 0 Å². The second kappa shape index (κ2) is 4.32. The average molecular weight is 248 g/mol. The lowest BCUT2D eigenvalue weighted by Crippen LogP contribution is -2.09. The van der Waals surface area contributed by atoms with Crippen LogP contribution in [0.25, 0.3) is 0 Å². The third kappa shape index (κ3) is 3.32. The second-order valence-corrected chi connectivity index (χ2v) is 5.96. The molecule has 1 heterocycles. The number of hydrogen-bond donors (Lipinski definition) is 0. The van der Waals surface area contributed by atoms with Crippen LogP contribution in [0.4, 0.5) is 5.69 Å². The maximum Gasteiger partial charge on any atom is 0.338 e. The molecular formula is C8H10ClN3O2S. The van der Waals surface area contributed by atoms with E-state index in [1.807, 2.05) is 20.8 Å². The molecule has 1 aromatic heterocycles. The van der Waals surface area contributed by atoms with Gasteiger partial charge >= 0.3 is 5.69 Å². The van der Waals surface area contributed by atoms with Crippen LogP contribution in [0.15, 0.2) is 11.4 Å². The van der Waals surface area contributed by atoms with E-state index in [9.17, 15) is 10.1 Å². The molecule has 7 heteroatoms. The maximum absolute atomic E-state index is 10.8. The van der Waals surface area contributed by atoms with Crippen LogP contribution in [0.2, 0.25) is 5.15 Å². The van der Waals surface area contributed by atoms with Crippen LogP contribution in [0.3, 0.4) is 0 Å². The van der Waals surface area contributed by atoms with E-state index in [1.54, 1.807) is 0 Å². The lowest BCUT2D eigenvalue weighted by atomic mass is 10.3. The molecule has 0 saturated carbocycles. The molecule has 0 N–H and O–H groups in total. The van der Waals surface area contributed by atoms with Gasteiger partial charge in [-0.05, 0) is 0 Å². The van der Waals surface area contributed by atoms with E-state index in [-0.39, 0.29) is 15.6 Å².